The zero-order valence-corrected chi connectivity index (χ0v) is 16.4. The molecule has 0 radical (unpaired) electrons. The molecule has 0 unspecified atom stereocenters. The van der Waals surface area contributed by atoms with E-state index in [1.54, 1.807) is 10.7 Å². The zero-order valence-electron chi connectivity index (χ0n) is 16.4. The van der Waals surface area contributed by atoms with Gasteiger partial charge in [0.05, 0.1) is 23.3 Å². The molecule has 1 fully saturated rings. The van der Waals surface area contributed by atoms with E-state index >= 15 is 0 Å². The first-order valence-corrected chi connectivity index (χ1v) is 10.0. The molecule has 0 amide bonds. The summed E-state index contributed by atoms with van der Waals surface area (Å²) < 4.78 is 3.49. The molecule has 4 heterocycles. The number of pyridine rings is 1. The highest BCUT2D eigenvalue weighted by Gasteiger charge is 2.23. The van der Waals surface area contributed by atoms with Gasteiger partial charge in [-0.25, -0.2) is 9.20 Å². The van der Waals surface area contributed by atoms with Crippen LogP contribution < -0.4 is 5.56 Å². The van der Waals surface area contributed by atoms with Gasteiger partial charge in [-0.05, 0) is 44.6 Å². The van der Waals surface area contributed by atoms with Crippen LogP contribution in [0.25, 0.3) is 28.0 Å². The molecule has 4 aromatic rings. The Kier molecular flexibility index (Phi) is 4.48. The number of benzene rings is 1. The van der Waals surface area contributed by atoms with Crippen molar-refractivity contribution in [1.29, 1.82) is 0 Å². The summed E-state index contributed by atoms with van der Waals surface area (Å²) in [5.41, 5.74) is 4.53. The molecule has 29 heavy (non-hydrogen) atoms. The molecule has 1 aromatic carbocycles. The van der Waals surface area contributed by atoms with E-state index in [2.05, 4.69) is 24.1 Å². The van der Waals surface area contributed by atoms with Gasteiger partial charge < -0.3 is 4.90 Å². The topological polar surface area (TPSA) is 55.4 Å². The first kappa shape index (κ1) is 17.8. The van der Waals surface area contributed by atoms with Crippen molar-refractivity contribution in [2.75, 3.05) is 13.6 Å². The minimum atomic E-state index is -0.0632. The molecule has 6 nitrogen and oxygen atoms in total. The molecule has 0 aliphatic carbocycles. The van der Waals surface area contributed by atoms with Gasteiger partial charge >= 0.3 is 0 Å². The van der Waals surface area contributed by atoms with Crippen LogP contribution in [0.3, 0.4) is 0 Å². The van der Waals surface area contributed by atoms with E-state index in [-0.39, 0.29) is 5.56 Å². The Morgan fingerprint density at radius 1 is 1.00 bits per heavy atom. The van der Waals surface area contributed by atoms with Gasteiger partial charge in [-0.1, -0.05) is 36.4 Å². The monoisotopic (exact) mass is 385 g/mol. The van der Waals surface area contributed by atoms with Crippen LogP contribution in [0.5, 0.6) is 0 Å². The lowest BCUT2D eigenvalue weighted by atomic mass is 10.0. The highest BCUT2D eigenvalue weighted by molar-refractivity contribution is 5.90. The number of likely N-dealkylation sites (N-methyl/N-ethyl adjacent to an activating group) is 1. The van der Waals surface area contributed by atoms with Crippen LogP contribution in [0, 0.1) is 0 Å². The molecule has 0 saturated carbocycles. The van der Waals surface area contributed by atoms with Gasteiger partial charge in [-0.3, -0.25) is 4.79 Å². The maximum Gasteiger partial charge on any atom is 0.266 e. The molecular formula is C23H23N5O. The van der Waals surface area contributed by atoms with Crippen LogP contribution in [0.15, 0.2) is 71.7 Å². The molecule has 0 N–H and O–H groups in total. The van der Waals surface area contributed by atoms with E-state index in [4.69, 9.17) is 10.2 Å². The molecular weight excluding hydrogens is 362 g/mol. The third-order valence-electron chi connectivity index (χ3n) is 5.77. The van der Waals surface area contributed by atoms with Crippen molar-refractivity contribution in [1.82, 2.24) is 24.3 Å². The lowest BCUT2D eigenvalue weighted by Gasteiger charge is -2.19. The van der Waals surface area contributed by atoms with E-state index < -0.39 is 0 Å². The molecule has 1 atom stereocenters. The minimum Gasteiger partial charge on any atom is -0.302 e. The summed E-state index contributed by atoms with van der Waals surface area (Å²) in [5.74, 6) is 0. The lowest BCUT2D eigenvalue weighted by Crippen LogP contribution is -2.34. The molecule has 5 rings (SSSR count). The Hall–Kier alpha value is -3.25. The number of aromatic nitrogens is 4. The third-order valence-corrected chi connectivity index (χ3v) is 5.77. The predicted molar refractivity (Wildman–Crippen MR) is 114 cm³/mol. The molecule has 0 bridgehead atoms. The second-order valence-electron chi connectivity index (χ2n) is 7.64. The van der Waals surface area contributed by atoms with E-state index in [0.717, 1.165) is 41.0 Å². The summed E-state index contributed by atoms with van der Waals surface area (Å²) in [5, 5.41) is 9.58. The van der Waals surface area contributed by atoms with Crippen LogP contribution in [-0.4, -0.2) is 43.9 Å². The van der Waals surface area contributed by atoms with E-state index in [1.807, 2.05) is 53.2 Å². The summed E-state index contributed by atoms with van der Waals surface area (Å²) in [6.45, 7) is 1.69. The van der Waals surface area contributed by atoms with Crippen LogP contribution >= 0.6 is 0 Å². The highest BCUT2D eigenvalue weighted by atomic mass is 16.1. The fourth-order valence-corrected chi connectivity index (χ4v) is 4.17. The number of nitrogens with zero attached hydrogens (tertiary/aromatic N) is 5. The number of hydrogen-bond donors (Lipinski definition) is 0. The van der Waals surface area contributed by atoms with Crippen LogP contribution in [0.4, 0.5) is 0 Å². The molecule has 3 aromatic heterocycles. The molecule has 1 aliphatic rings. The summed E-state index contributed by atoms with van der Waals surface area (Å²) in [7, 11) is 2.12. The standard InChI is InChI=1S/C23H23N5O/c1-26-14-7-10-18(26)16-28-21(29)13-12-19(24-28)22-20-11-5-6-15-27(20)25-23(22)17-8-3-2-4-9-17/h2-6,8-9,11-13,15,18H,7,10,14,16H2,1H3/t18-/m0/s1. The smallest absolute Gasteiger partial charge is 0.266 e. The average Bonchev–Trinajstić information content (AvgIpc) is 3.34. The molecule has 146 valence electrons. The minimum absolute atomic E-state index is 0.0632. The van der Waals surface area contributed by atoms with Crippen LogP contribution in [0.1, 0.15) is 12.8 Å². The highest BCUT2D eigenvalue weighted by Crippen LogP contribution is 2.33. The van der Waals surface area contributed by atoms with Gasteiger partial charge in [0.1, 0.15) is 5.69 Å². The van der Waals surface area contributed by atoms with Gasteiger partial charge in [-0.15, -0.1) is 0 Å². The molecule has 6 heteroatoms. The van der Waals surface area contributed by atoms with Gasteiger partial charge in [0.15, 0.2) is 0 Å². The number of likely N-dealkylation sites (tertiary alicyclic amines) is 1. The summed E-state index contributed by atoms with van der Waals surface area (Å²) in [4.78, 5) is 14.8. The van der Waals surface area contributed by atoms with Crippen molar-refractivity contribution in [3.05, 3.63) is 77.2 Å². The lowest BCUT2D eigenvalue weighted by molar-refractivity contribution is 0.271. The van der Waals surface area contributed by atoms with Gasteiger partial charge in [-0.2, -0.15) is 10.2 Å². The number of fused-ring (bicyclic) bond motifs is 1. The van der Waals surface area contributed by atoms with Crippen molar-refractivity contribution in [2.24, 2.45) is 0 Å². The van der Waals surface area contributed by atoms with Gasteiger partial charge in [0.2, 0.25) is 0 Å². The largest absolute Gasteiger partial charge is 0.302 e. The van der Waals surface area contributed by atoms with Crippen molar-refractivity contribution >= 4 is 5.52 Å². The first-order valence-electron chi connectivity index (χ1n) is 10.0. The SMILES string of the molecule is CN1CCC[C@H]1Cn1nc(-c2c(-c3ccccc3)nn3ccccc23)ccc1=O. The van der Waals surface area contributed by atoms with Crippen LogP contribution in [0.2, 0.25) is 0 Å². The zero-order chi connectivity index (χ0) is 19.8. The first-order chi connectivity index (χ1) is 14.2. The quantitative estimate of drug-likeness (QED) is 0.541. The fraction of sp³-hybridized carbons (Fsp3) is 0.261. The second-order valence-corrected chi connectivity index (χ2v) is 7.64. The van der Waals surface area contributed by atoms with E-state index in [1.165, 1.54) is 6.42 Å². The Bertz CT molecular complexity index is 1210. The Morgan fingerprint density at radius 3 is 2.62 bits per heavy atom. The molecule has 1 aliphatic heterocycles. The summed E-state index contributed by atoms with van der Waals surface area (Å²) in [6.07, 6.45) is 4.21. The normalized spacial score (nSPS) is 17.2. The van der Waals surface area contributed by atoms with Gasteiger partial charge in [0.25, 0.3) is 5.56 Å². The van der Waals surface area contributed by atoms with E-state index in [9.17, 15) is 4.79 Å². The van der Waals surface area contributed by atoms with Crippen molar-refractivity contribution in [3.63, 3.8) is 0 Å². The number of rotatable bonds is 4. The molecule has 0 spiro atoms. The molecule has 1 saturated heterocycles. The Balaban J connectivity index is 1.66. The average molecular weight is 385 g/mol. The summed E-state index contributed by atoms with van der Waals surface area (Å²) >= 11 is 0. The van der Waals surface area contributed by atoms with Crippen molar-refractivity contribution in [3.8, 4) is 22.5 Å². The van der Waals surface area contributed by atoms with Crippen molar-refractivity contribution in [2.45, 2.75) is 25.4 Å². The number of hydrogen-bond acceptors (Lipinski definition) is 4. The van der Waals surface area contributed by atoms with E-state index in [0.29, 0.717) is 12.6 Å². The van der Waals surface area contributed by atoms with Crippen molar-refractivity contribution < 1.29 is 0 Å². The fourth-order valence-electron chi connectivity index (χ4n) is 4.17. The predicted octanol–water partition coefficient (Wildman–Crippen LogP) is 3.32. The van der Waals surface area contributed by atoms with Crippen LogP contribution in [-0.2, 0) is 6.54 Å². The second kappa shape index (κ2) is 7.29. The third kappa shape index (κ3) is 3.25. The maximum absolute atomic E-state index is 12.5. The summed E-state index contributed by atoms with van der Waals surface area (Å²) in [6, 6.07) is 19.9. The Morgan fingerprint density at radius 2 is 1.83 bits per heavy atom. The Labute approximate surface area is 169 Å². The van der Waals surface area contributed by atoms with Gasteiger partial charge in [0, 0.05) is 23.9 Å². The maximum atomic E-state index is 12.5.